The van der Waals surface area contributed by atoms with Gasteiger partial charge in [0.1, 0.15) is 5.78 Å². The lowest BCUT2D eigenvalue weighted by molar-refractivity contribution is -0.126. The Balaban J connectivity index is 2.56. The number of hydrazine groups is 2. The lowest BCUT2D eigenvalue weighted by atomic mass is 10.1. The molecule has 20 heavy (non-hydrogen) atoms. The van der Waals surface area contributed by atoms with Gasteiger partial charge >= 0.3 is 12.1 Å². The molecule has 110 valence electrons. The molecule has 0 bridgehead atoms. The van der Waals surface area contributed by atoms with Crippen LogP contribution in [0.25, 0.3) is 0 Å². The van der Waals surface area contributed by atoms with Crippen LogP contribution in [-0.2, 0) is 14.4 Å². The van der Waals surface area contributed by atoms with Crippen molar-refractivity contribution in [1.82, 2.24) is 27.0 Å². The number of hydrogen-bond donors (Lipinski definition) is 5. The van der Waals surface area contributed by atoms with E-state index in [-0.39, 0.29) is 43.8 Å². The number of rotatable bonds is 0. The molecule has 0 aliphatic carbocycles. The Labute approximate surface area is 114 Å². The quantitative estimate of drug-likeness (QED) is 0.358. The molecule has 0 aromatic heterocycles. The van der Waals surface area contributed by atoms with Crippen molar-refractivity contribution in [2.24, 2.45) is 0 Å². The monoisotopic (exact) mass is 285 g/mol. The second kappa shape index (κ2) is 7.71. The van der Waals surface area contributed by atoms with Gasteiger partial charge in [-0.2, -0.15) is 0 Å². The lowest BCUT2D eigenvalue weighted by Crippen LogP contribution is -2.54. The molecule has 1 heterocycles. The van der Waals surface area contributed by atoms with Gasteiger partial charge in [-0.3, -0.25) is 19.8 Å². The number of amides is 5. The highest BCUT2D eigenvalue weighted by atomic mass is 16.2. The number of carbonyl (C=O) groups is 5. The summed E-state index contributed by atoms with van der Waals surface area (Å²) in [5.74, 6) is -1.12. The molecule has 0 unspecified atom stereocenters. The van der Waals surface area contributed by atoms with Crippen LogP contribution in [0.1, 0.15) is 25.7 Å². The zero-order valence-corrected chi connectivity index (χ0v) is 10.6. The predicted molar refractivity (Wildman–Crippen MR) is 64.8 cm³/mol. The fourth-order valence-corrected chi connectivity index (χ4v) is 1.30. The second-order valence-corrected chi connectivity index (χ2v) is 4.01. The predicted octanol–water partition coefficient (Wildman–Crippen LogP) is -1.76. The molecule has 0 radical (unpaired) electrons. The summed E-state index contributed by atoms with van der Waals surface area (Å²) in [4.78, 5) is 56.3. The fraction of sp³-hybridized carbons (Fsp3) is 0.500. The third kappa shape index (κ3) is 6.33. The Kier molecular flexibility index (Phi) is 5.94. The summed E-state index contributed by atoms with van der Waals surface area (Å²) < 4.78 is 0. The number of ketones is 2. The van der Waals surface area contributed by atoms with E-state index in [1.807, 2.05) is 16.3 Å². The Morgan fingerprint density at radius 2 is 1.15 bits per heavy atom. The average Bonchev–Trinajstić information content (AvgIpc) is 2.43. The SMILES string of the molecule is O=C1CCC(=O)CNC(=O)NNC(=O)NNC(=O)CC1. The fourth-order valence-electron chi connectivity index (χ4n) is 1.30. The van der Waals surface area contributed by atoms with Crippen molar-refractivity contribution in [2.75, 3.05) is 6.54 Å². The normalized spacial score (nSPS) is 19.5. The molecule has 5 N–H and O–H groups in total. The van der Waals surface area contributed by atoms with Crippen LogP contribution in [0.5, 0.6) is 0 Å². The molecule has 10 heteroatoms. The first-order valence-electron chi connectivity index (χ1n) is 5.89. The number of nitrogens with one attached hydrogen (secondary N) is 5. The molecule has 5 amide bonds. The molecule has 0 atom stereocenters. The molecule has 0 spiro atoms. The van der Waals surface area contributed by atoms with Crippen molar-refractivity contribution in [3.63, 3.8) is 0 Å². The minimum Gasteiger partial charge on any atom is -0.330 e. The van der Waals surface area contributed by atoms with E-state index >= 15 is 0 Å². The highest BCUT2D eigenvalue weighted by molar-refractivity contribution is 5.91. The molecular weight excluding hydrogens is 270 g/mol. The molecule has 0 aromatic carbocycles. The summed E-state index contributed by atoms with van der Waals surface area (Å²) in [5, 5.41) is 2.21. The van der Waals surface area contributed by atoms with Crippen molar-refractivity contribution in [2.45, 2.75) is 25.7 Å². The van der Waals surface area contributed by atoms with Crippen LogP contribution in [0.4, 0.5) is 9.59 Å². The standard InChI is InChI=1S/C10H15N5O5/c16-6-1-2-7(17)5-11-9(19)13-15-10(20)14-12-8(18)4-3-6/h1-5H2,(H,12,18)(H2,11,13,19)(H2,14,15,20). The third-order valence-corrected chi connectivity index (χ3v) is 2.36. The van der Waals surface area contributed by atoms with Gasteiger partial charge in [0.25, 0.3) is 0 Å². The van der Waals surface area contributed by atoms with E-state index in [4.69, 9.17) is 0 Å². The van der Waals surface area contributed by atoms with Gasteiger partial charge in [0.05, 0.1) is 6.54 Å². The first-order chi connectivity index (χ1) is 9.47. The Morgan fingerprint density at radius 1 is 0.600 bits per heavy atom. The van der Waals surface area contributed by atoms with Gasteiger partial charge in [0, 0.05) is 25.7 Å². The summed E-state index contributed by atoms with van der Waals surface area (Å²) in [6.07, 6.45) is -0.115. The van der Waals surface area contributed by atoms with Crippen LogP contribution in [0.3, 0.4) is 0 Å². The van der Waals surface area contributed by atoms with E-state index in [1.54, 1.807) is 0 Å². The Hall–Kier alpha value is -2.65. The van der Waals surface area contributed by atoms with Gasteiger partial charge in [-0.1, -0.05) is 0 Å². The zero-order chi connectivity index (χ0) is 15.0. The van der Waals surface area contributed by atoms with E-state index in [0.717, 1.165) is 0 Å². The van der Waals surface area contributed by atoms with Crippen molar-refractivity contribution in [1.29, 1.82) is 0 Å². The summed E-state index contributed by atoms with van der Waals surface area (Å²) in [6.45, 7) is -0.250. The maximum absolute atomic E-state index is 11.4. The number of hydrogen-bond acceptors (Lipinski definition) is 5. The molecule has 1 aliphatic rings. The Bertz CT molecular complexity index is 313. The largest absolute Gasteiger partial charge is 0.352 e. The van der Waals surface area contributed by atoms with E-state index in [0.29, 0.717) is 0 Å². The van der Waals surface area contributed by atoms with Gasteiger partial charge in [0.2, 0.25) is 5.91 Å². The smallest absolute Gasteiger partial charge is 0.330 e. The van der Waals surface area contributed by atoms with Gasteiger partial charge in [0.15, 0.2) is 5.78 Å². The summed E-state index contributed by atoms with van der Waals surface area (Å²) in [5.41, 5.74) is 7.93. The molecule has 10 nitrogen and oxygen atoms in total. The molecular formula is C10H15N5O5. The highest BCUT2D eigenvalue weighted by Gasteiger charge is 2.12. The summed E-state index contributed by atoms with van der Waals surface area (Å²) in [6, 6.07) is -1.66. The number of carbonyl (C=O) groups excluding carboxylic acids is 5. The Morgan fingerprint density at radius 3 is 1.90 bits per heavy atom. The maximum Gasteiger partial charge on any atom is 0.352 e. The van der Waals surface area contributed by atoms with E-state index in [1.165, 1.54) is 0 Å². The van der Waals surface area contributed by atoms with Crippen LogP contribution in [-0.4, -0.2) is 36.1 Å². The maximum atomic E-state index is 11.4. The van der Waals surface area contributed by atoms with Gasteiger partial charge < -0.3 is 5.32 Å². The van der Waals surface area contributed by atoms with Crippen LogP contribution >= 0.6 is 0 Å². The first-order valence-corrected chi connectivity index (χ1v) is 5.89. The topological polar surface area (TPSA) is 146 Å². The second-order valence-electron chi connectivity index (χ2n) is 4.01. The average molecular weight is 285 g/mol. The third-order valence-electron chi connectivity index (χ3n) is 2.36. The lowest BCUT2D eigenvalue weighted by Gasteiger charge is -2.09. The van der Waals surface area contributed by atoms with Crippen LogP contribution < -0.4 is 27.0 Å². The van der Waals surface area contributed by atoms with E-state index < -0.39 is 18.0 Å². The molecule has 0 aromatic rings. The van der Waals surface area contributed by atoms with Gasteiger partial charge in [-0.15, -0.1) is 0 Å². The van der Waals surface area contributed by atoms with Crippen LogP contribution in [0.2, 0.25) is 0 Å². The highest BCUT2D eigenvalue weighted by Crippen LogP contribution is 1.99. The molecule has 1 saturated heterocycles. The molecule has 1 aliphatic heterocycles. The van der Waals surface area contributed by atoms with E-state index in [9.17, 15) is 24.0 Å². The van der Waals surface area contributed by atoms with Crippen molar-refractivity contribution < 1.29 is 24.0 Å². The summed E-state index contributed by atoms with van der Waals surface area (Å²) >= 11 is 0. The number of urea groups is 2. The molecule has 1 fully saturated rings. The first kappa shape index (κ1) is 15.4. The summed E-state index contributed by atoms with van der Waals surface area (Å²) in [7, 11) is 0. The minimum atomic E-state index is -0.874. The van der Waals surface area contributed by atoms with Crippen LogP contribution in [0, 0.1) is 0 Å². The number of Topliss-reactive ketones (excluding diaryl/α,β-unsaturated/α-hetero) is 2. The van der Waals surface area contributed by atoms with Gasteiger partial charge in [-0.05, 0) is 0 Å². The minimum absolute atomic E-state index is 0.00859. The van der Waals surface area contributed by atoms with Gasteiger partial charge in [-0.25, -0.2) is 25.9 Å². The molecule has 0 saturated carbocycles. The van der Waals surface area contributed by atoms with Crippen LogP contribution in [0.15, 0.2) is 0 Å². The van der Waals surface area contributed by atoms with E-state index in [2.05, 4.69) is 10.7 Å². The molecule has 1 rings (SSSR count). The van der Waals surface area contributed by atoms with Crippen molar-refractivity contribution in [3.8, 4) is 0 Å². The van der Waals surface area contributed by atoms with Crippen molar-refractivity contribution >= 4 is 29.5 Å². The zero-order valence-electron chi connectivity index (χ0n) is 10.6. The van der Waals surface area contributed by atoms with Crippen molar-refractivity contribution in [3.05, 3.63) is 0 Å².